The van der Waals surface area contributed by atoms with E-state index < -0.39 is 0 Å². The average Bonchev–Trinajstić information content (AvgIpc) is 3.23. The fourth-order valence-corrected chi connectivity index (χ4v) is 3.50. The lowest BCUT2D eigenvalue weighted by atomic mass is 10.1. The zero-order valence-corrected chi connectivity index (χ0v) is 17.8. The molecule has 8 heteroatoms. The third-order valence-corrected chi connectivity index (χ3v) is 5.12. The number of rotatable bonds is 7. The maximum Gasteiger partial charge on any atom is 0.257 e. The Morgan fingerprint density at radius 1 is 1.13 bits per heavy atom. The van der Waals surface area contributed by atoms with Crippen molar-refractivity contribution in [2.24, 2.45) is 0 Å². The molecule has 3 aromatic rings. The summed E-state index contributed by atoms with van der Waals surface area (Å²) in [6, 6.07) is 15.5. The van der Waals surface area contributed by atoms with Crippen molar-refractivity contribution in [2.45, 2.75) is 20.1 Å². The quantitative estimate of drug-likeness (QED) is 0.579. The Labute approximate surface area is 181 Å². The lowest BCUT2D eigenvalue weighted by Gasteiger charge is -2.29. The molecule has 2 aromatic carbocycles. The molecule has 162 valence electrons. The van der Waals surface area contributed by atoms with Crippen molar-refractivity contribution >= 4 is 11.6 Å². The summed E-state index contributed by atoms with van der Waals surface area (Å²) < 4.78 is 16.2. The van der Waals surface area contributed by atoms with E-state index in [1.54, 1.807) is 31.0 Å². The molecule has 1 saturated heterocycles. The number of hydrogen-bond acceptors (Lipinski definition) is 7. The molecule has 0 saturated carbocycles. The van der Waals surface area contributed by atoms with Crippen LogP contribution in [0.4, 0.5) is 5.69 Å². The van der Waals surface area contributed by atoms with Crippen LogP contribution < -0.4 is 9.64 Å². The van der Waals surface area contributed by atoms with E-state index in [4.69, 9.17) is 14.0 Å². The van der Waals surface area contributed by atoms with Crippen molar-refractivity contribution in [3.63, 3.8) is 0 Å². The highest BCUT2D eigenvalue weighted by atomic mass is 16.5. The van der Waals surface area contributed by atoms with E-state index in [-0.39, 0.29) is 12.5 Å². The molecular weight excluding hydrogens is 396 g/mol. The van der Waals surface area contributed by atoms with Crippen molar-refractivity contribution < 1.29 is 18.8 Å². The van der Waals surface area contributed by atoms with Crippen LogP contribution in [-0.4, -0.2) is 54.3 Å². The number of anilines is 1. The molecule has 1 aliphatic heterocycles. The summed E-state index contributed by atoms with van der Waals surface area (Å²) >= 11 is 0. The number of ether oxygens (including phenoxy) is 2. The zero-order chi connectivity index (χ0) is 21.6. The van der Waals surface area contributed by atoms with Crippen LogP contribution in [0.3, 0.4) is 0 Å². The van der Waals surface area contributed by atoms with Gasteiger partial charge in [0.25, 0.3) is 5.91 Å². The molecule has 0 radical (unpaired) electrons. The number of carbonyl (C=O) groups is 1. The van der Waals surface area contributed by atoms with Crippen molar-refractivity contribution in [1.29, 1.82) is 0 Å². The SMILES string of the molecule is Cc1nc(COc2ccccc2C(=O)N(C)Cc2ccc(N3CCOCC3)cc2)no1. The van der Waals surface area contributed by atoms with E-state index >= 15 is 0 Å². The molecule has 0 N–H and O–H groups in total. The van der Waals surface area contributed by atoms with Gasteiger partial charge in [0.2, 0.25) is 11.7 Å². The van der Waals surface area contributed by atoms with Crippen LogP contribution in [0.15, 0.2) is 53.1 Å². The topological polar surface area (TPSA) is 80.9 Å². The lowest BCUT2D eigenvalue weighted by molar-refractivity contribution is 0.0780. The van der Waals surface area contributed by atoms with Crippen LogP contribution in [0.1, 0.15) is 27.6 Å². The first kappa shape index (κ1) is 20.9. The minimum Gasteiger partial charge on any atom is -0.485 e. The maximum atomic E-state index is 13.1. The number of morpholine rings is 1. The molecule has 0 bridgehead atoms. The summed E-state index contributed by atoms with van der Waals surface area (Å²) in [4.78, 5) is 21.2. The summed E-state index contributed by atoms with van der Waals surface area (Å²) in [5.41, 5.74) is 2.74. The Bertz CT molecular complexity index is 1010. The molecule has 0 atom stereocenters. The number of hydrogen-bond donors (Lipinski definition) is 0. The molecule has 2 heterocycles. The predicted octanol–water partition coefficient (Wildman–Crippen LogP) is 3.07. The van der Waals surface area contributed by atoms with Crippen LogP contribution in [0.2, 0.25) is 0 Å². The van der Waals surface area contributed by atoms with Crippen LogP contribution in [0.25, 0.3) is 0 Å². The number of para-hydroxylation sites is 1. The molecule has 1 amide bonds. The van der Waals surface area contributed by atoms with Gasteiger partial charge in [-0.25, -0.2) is 0 Å². The second kappa shape index (κ2) is 9.61. The molecule has 31 heavy (non-hydrogen) atoms. The fourth-order valence-electron chi connectivity index (χ4n) is 3.50. The first-order valence-electron chi connectivity index (χ1n) is 10.3. The van der Waals surface area contributed by atoms with Gasteiger partial charge in [0.05, 0.1) is 18.8 Å². The fraction of sp³-hybridized carbons (Fsp3) is 0.348. The van der Waals surface area contributed by atoms with E-state index in [2.05, 4.69) is 39.3 Å². The van der Waals surface area contributed by atoms with E-state index in [9.17, 15) is 4.79 Å². The minimum absolute atomic E-state index is 0.114. The first-order chi connectivity index (χ1) is 15.1. The number of aryl methyl sites for hydroxylation is 1. The van der Waals surface area contributed by atoms with E-state index in [1.807, 2.05) is 12.1 Å². The number of aromatic nitrogens is 2. The molecule has 1 fully saturated rings. The third-order valence-electron chi connectivity index (χ3n) is 5.12. The first-order valence-corrected chi connectivity index (χ1v) is 10.3. The Morgan fingerprint density at radius 3 is 2.58 bits per heavy atom. The largest absolute Gasteiger partial charge is 0.485 e. The van der Waals surface area contributed by atoms with Crippen LogP contribution in [-0.2, 0) is 17.9 Å². The highest BCUT2D eigenvalue weighted by Crippen LogP contribution is 2.22. The van der Waals surface area contributed by atoms with Gasteiger partial charge in [-0.1, -0.05) is 29.4 Å². The maximum absolute atomic E-state index is 13.1. The molecule has 4 rings (SSSR count). The summed E-state index contributed by atoms with van der Waals surface area (Å²) in [5, 5.41) is 3.82. The average molecular weight is 422 g/mol. The number of amides is 1. The number of nitrogens with zero attached hydrogens (tertiary/aromatic N) is 4. The molecular formula is C23H26N4O4. The van der Waals surface area contributed by atoms with Crippen molar-refractivity contribution in [3.8, 4) is 5.75 Å². The van der Waals surface area contributed by atoms with Crippen LogP contribution >= 0.6 is 0 Å². The third kappa shape index (κ3) is 5.21. The molecule has 0 spiro atoms. The monoisotopic (exact) mass is 422 g/mol. The zero-order valence-electron chi connectivity index (χ0n) is 17.8. The lowest BCUT2D eigenvalue weighted by Crippen LogP contribution is -2.36. The second-order valence-electron chi connectivity index (χ2n) is 7.44. The van der Waals surface area contributed by atoms with Gasteiger partial charge in [-0.3, -0.25) is 4.79 Å². The standard InChI is InChI=1S/C23H26N4O4/c1-17-24-22(25-31-17)16-30-21-6-4-3-5-20(21)23(28)26(2)15-18-7-9-19(10-8-18)27-11-13-29-14-12-27/h3-10H,11-16H2,1-2H3. The van der Waals surface area contributed by atoms with Gasteiger partial charge < -0.3 is 23.8 Å². The van der Waals surface area contributed by atoms with E-state index in [0.29, 0.717) is 29.6 Å². The van der Waals surface area contributed by atoms with Gasteiger partial charge in [0.1, 0.15) is 5.75 Å². The normalized spacial score (nSPS) is 13.8. The molecule has 1 aliphatic rings. The smallest absolute Gasteiger partial charge is 0.257 e. The van der Waals surface area contributed by atoms with Crippen molar-refractivity contribution in [3.05, 3.63) is 71.4 Å². The van der Waals surface area contributed by atoms with Crippen LogP contribution in [0, 0.1) is 6.92 Å². The van der Waals surface area contributed by atoms with Crippen LogP contribution in [0.5, 0.6) is 5.75 Å². The molecule has 0 unspecified atom stereocenters. The molecule has 0 aliphatic carbocycles. The molecule has 1 aromatic heterocycles. The number of benzene rings is 2. The Kier molecular flexibility index (Phi) is 6.47. The molecule has 8 nitrogen and oxygen atoms in total. The highest BCUT2D eigenvalue weighted by Gasteiger charge is 2.18. The second-order valence-corrected chi connectivity index (χ2v) is 7.44. The predicted molar refractivity (Wildman–Crippen MR) is 115 cm³/mol. The van der Waals surface area contributed by atoms with Gasteiger partial charge in [0.15, 0.2) is 6.61 Å². The van der Waals surface area contributed by atoms with Gasteiger partial charge in [-0.2, -0.15) is 4.98 Å². The van der Waals surface area contributed by atoms with Crippen molar-refractivity contribution in [2.75, 3.05) is 38.3 Å². The Balaban J connectivity index is 1.39. The summed E-state index contributed by atoms with van der Waals surface area (Å²) in [7, 11) is 1.79. The highest BCUT2D eigenvalue weighted by molar-refractivity contribution is 5.96. The van der Waals surface area contributed by atoms with Gasteiger partial charge in [-0.15, -0.1) is 0 Å². The summed E-state index contributed by atoms with van der Waals surface area (Å²) in [6.45, 7) is 5.67. The van der Waals surface area contributed by atoms with Gasteiger partial charge in [-0.05, 0) is 29.8 Å². The van der Waals surface area contributed by atoms with Gasteiger partial charge >= 0.3 is 0 Å². The Hall–Kier alpha value is -3.39. The van der Waals surface area contributed by atoms with E-state index in [0.717, 1.165) is 31.9 Å². The summed E-state index contributed by atoms with van der Waals surface area (Å²) in [5.74, 6) is 1.29. The minimum atomic E-state index is -0.114. The van der Waals surface area contributed by atoms with E-state index in [1.165, 1.54) is 5.69 Å². The van der Waals surface area contributed by atoms with Gasteiger partial charge in [0, 0.05) is 39.3 Å². The Morgan fingerprint density at radius 2 is 1.87 bits per heavy atom. The summed E-state index contributed by atoms with van der Waals surface area (Å²) in [6.07, 6.45) is 0. The van der Waals surface area contributed by atoms with Crippen molar-refractivity contribution in [1.82, 2.24) is 15.0 Å². The number of carbonyl (C=O) groups excluding carboxylic acids is 1.